The number of carbonyl (C=O) groups is 2. The summed E-state index contributed by atoms with van der Waals surface area (Å²) in [7, 11) is 1.60. The largest absolute Gasteiger partial charge is 0.497 e. The van der Waals surface area contributed by atoms with Gasteiger partial charge in [0.15, 0.2) is 0 Å². The highest BCUT2D eigenvalue weighted by atomic mass is 16.5. The van der Waals surface area contributed by atoms with E-state index in [-0.39, 0.29) is 18.0 Å². The number of likely N-dealkylation sites (tertiary alicyclic amines) is 1. The highest BCUT2D eigenvalue weighted by Gasteiger charge is 2.34. The van der Waals surface area contributed by atoms with Gasteiger partial charge in [0.05, 0.1) is 7.11 Å². The minimum Gasteiger partial charge on any atom is -0.497 e. The first-order chi connectivity index (χ1) is 11.0. The van der Waals surface area contributed by atoms with Crippen molar-refractivity contribution in [3.05, 3.63) is 24.3 Å². The number of benzene rings is 1. The van der Waals surface area contributed by atoms with Crippen LogP contribution in [-0.2, 0) is 4.79 Å². The Balaban J connectivity index is 1.95. The van der Waals surface area contributed by atoms with Crippen molar-refractivity contribution in [3.8, 4) is 5.75 Å². The molecule has 1 fully saturated rings. The average molecular weight is 319 g/mol. The molecule has 2 rings (SSSR count). The molecule has 1 heterocycles. The van der Waals surface area contributed by atoms with Gasteiger partial charge >= 0.3 is 6.03 Å². The van der Waals surface area contributed by atoms with Gasteiger partial charge in [0.1, 0.15) is 11.8 Å². The topological polar surface area (TPSA) is 70.7 Å². The van der Waals surface area contributed by atoms with Gasteiger partial charge in [-0.1, -0.05) is 13.8 Å². The molecule has 23 heavy (non-hydrogen) atoms. The lowest BCUT2D eigenvalue weighted by Gasteiger charge is -2.24. The number of hydrogen-bond donors (Lipinski definition) is 2. The van der Waals surface area contributed by atoms with Crippen LogP contribution in [0.25, 0.3) is 0 Å². The summed E-state index contributed by atoms with van der Waals surface area (Å²) in [5, 5.41) is 5.75. The van der Waals surface area contributed by atoms with E-state index in [0.29, 0.717) is 31.1 Å². The molecule has 6 heteroatoms. The number of rotatable bonds is 5. The van der Waals surface area contributed by atoms with Gasteiger partial charge in [-0.15, -0.1) is 0 Å². The minimum atomic E-state index is -0.382. The number of anilines is 1. The van der Waals surface area contributed by atoms with E-state index in [1.807, 2.05) is 13.8 Å². The van der Waals surface area contributed by atoms with Crippen LogP contribution in [0.3, 0.4) is 0 Å². The van der Waals surface area contributed by atoms with Crippen LogP contribution < -0.4 is 15.4 Å². The van der Waals surface area contributed by atoms with E-state index in [9.17, 15) is 9.59 Å². The third kappa shape index (κ3) is 4.61. The second-order valence-electron chi connectivity index (χ2n) is 6.15. The van der Waals surface area contributed by atoms with Crippen LogP contribution in [0, 0.1) is 5.92 Å². The normalized spacial score (nSPS) is 17.2. The molecule has 0 radical (unpaired) electrons. The van der Waals surface area contributed by atoms with Crippen LogP contribution in [0.15, 0.2) is 24.3 Å². The molecule has 2 N–H and O–H groups in total. The SMILES string of the molecule is COc1ccc(NC(=O)N2CCC[C@@H]2C(=O)NCC(C)C)cc1. The smallest absolute Gasteiger partial charge is 0.322 e. The first-order valence-electron chi connectivity index (χ1n) is 8.00. The number of hydrogen-bond acceptors (Lipinski definition) is 3. The Labute approximate surface area is 137 Å². The van der Waals surface area contributed by atoms with Gasteiger partial charge < -0.3 is 20.3 Å². The predicted molar refractivity (Wildman–Crippen MR) is 89.6 cm³/mol. The molecule has 0 unspecified atom stereocenters. The van der Waals surface area contributed by atoms with Crippen LogP contribution in [0.1, 0.15) is 26.7 Å². The first-order valence-corrected chi connectivity index (χ1v) is 8.00. The number of methoxy groups -OCH3 is 1. The van der Waals surface area contributed by atoms with Gasteiger partial charge in [0.25, 0.3) is 0 Å². The Morgan fingerprint density at radius 2 is 2.00 bits per heavy atom. The minimum absolute atomic E-state index is 0.0684. The molecule has 1 aromatic rings. The second-order valence-corrected chi connectivity index (χ2v) is 6.15. The fourth-order valence-electron chi connectivity index (χ4n) is 2.57. The summed E-state index contributed by atoms with van der Waals surface area (Å²) in [6.45, 7) is 5.32. The summed E-state index contributed by atoms with van der Waals surface area (Å²) in [4.78, 5) is 26.3. The monoisotopic (exact) mass is 319 g/mol. The number of ether oxygens (including phenoxy) is 1. The molecule has 0 bridgehead atoms. The first kappa shape index (κ1) is 17.1. The fourth-order valence-corrected chi connectivity index (χ4v) is 2.57. The molecular formula is C17H25N3O3. The average Bonchev–Trinajstić information content (AvgIpc) is 3.03. The standard InChI is InChI=1S/C17H25N3O3/c1-12(2)11-18-16(21)15-5-4-10-20(15)17(22)19-13-6-8-14(23-3)9-7-13/h6-9,12,15H,4-5,10-11H2,1-3H3,(H,18,21)(H,19,22)/t15-/m1/s1. The van der Waals surface area contributed by atoms with E-state index in [2.05, 4.69) is 10.6 Å². The van der Waals surface area contributed by atoms with E-state index >= 15 is 0 Å². The molecule has 1 aromatic carbocycles. The van der Waals surface area contributed by atoms with Crippen molar-refractivity contribution < 1.29 is 14.3 Å². The summed E-state index contributed by atoms with van der Waals surface area (Å²) >= 11 is 0. The molecule has 1 aliphatic rings. The van der Waals surface area contributed by atoms with Crippen LogP contribution in [0.2, 0.25) is 0 Å². The van der Waals surface area contributed by atoms with Gasteiger partial charge in [-0.05, 0) is 43.0 Å². The van der Waals surface area contributed by atoms with Gasteiger partial charge in [-0.25, -0.2) is 4.79 Å². The summed E-state index contributed by atoms with van der Waals surface area (Å²) in [5.41, 5.74) is 0.684. The summed E-state index contributed by atoms with van der Waals surface area (Å²) < 4.78 is 5.09. The number of urea groups is 1. The number of nitrogens with one attached hydrogen (secondary N) is 2. The summed E-state index contributed by atoms with van der Waals surface area (Å²) in [6, 6.07) is 6.50. The van der Waals surface area contributed by atoms with Gasteiger partial charge in [-0.2, -0.15) is 0 Å². The van der Waals surface area contributed by atoms with Crippen molar-refractivity contribution >= 4 is 17.6 Å². The maximum atomic E-state index is 12.4. The lowest BCUT2D eigenvalue weighted by Crippen LogP contribution is -2.48. The Morgan fingerprint density at radius 3 is 2.61 bits per heavy atom. The molecule has 3 amide bonds. The van der Waals surface area contributed by atoms with Crippen LogP contribution in [-0.4, -0.2) is 43.1 Å². The summed E-state index contributed by atoms with van der Waals surface area (Å²) in [5.74, 6) is 1.05. The van der Waals surface area contributed by atoms with Crippen molar-refractivity contribution in [3.63, 3.8) is 0 Å². The quantitative estimate of drug-likeness (QED) is 0.876. The van der Waals surface area contributed by atoms with Crippen molar-refractivity contribution in [2.24, 2.45) is 5.92 Å². The van der Waals surface area contributed by atoms with E-state index in [1.165, 1.54) is 0 Å². The second kappa shape index (κ2) is 7.85. The van der Waals surface area contributed by atoms with Gasteiger partial charge in [0.2, 0.25) is 5.91 Å². The molecule has 1 atom stereocenters. The van der Waals surface area contributed by atoms with Crippen LogP contribution in [0.4, 0.5) is 10.5 Å². The van der Waals surface area contributed by atoms with E-state index < -0.39 is 0 Å². The Kier molecular flexibility index (Phi) is 5.84. The van der Waals surface area contributed by atoms with E-state index in [0.717, 1.165) is 12.2 Å². The summed E-state index contributed by atoms with van der Waals surface area (Å²) in [6.07, 6.45) is 1.55. The zero-order chi connectivity index (χ0) is 16.8. The maximum Gasteiger partial charge on any atom is 0.322 e. The highest BCUT2D eigenvalue weighted by Crippen LogP contribution is 2.20. The molecule has 1 aliphatic heterocycles. The predicted octanol–water partition coefficient (Wildman–Crippen LogP) is 2.46. The number of carbonyl (C=O) groups excluding carboxylic acids is 2. The highest BCUT2D eigenvalue weighted by molar-refractivity contribution is 5.94. The third-order valence-electron chi connectivity index (χ3n) is 3.84. The fraction of sp³-hybridized carbons (Fsp3) is 0.529. The molecule has 0 aliphatic carbocycles. The molecule has 1 saturated heterocycles. The number of nitrogens with zero attached hydrogens (tertiary/aromatic N) is 1. The Bertz CT molecular complexity index is 543. The van der Waals surface area contributed by atoms with Crippen molar-refractivity contribution in [2.45, 2.75) is 32.7 Å². The van der Waals surface area contributed by atoms with Crippen molar-refractivity contribution in [1.82, 2.24) is 10.2 Å². The lowest BCUT2D eigenvalue weighted by molar-refractivity contribution is -0.124. The van der Waals surface area contributed by atoms with E-state index in [1.54, 1.807) is 36.3 Å². The number of amides is 3. The van der Waals surface area contributed by atoms with Gasteiger partial charge in [-0.3, -0.25) is 4.79 Å². The van der Waals surface area contributed by atoms with Crippen LogP contribution >= 0.6 is 0 Å². The van der Waals surface area contributed by atoms with E-state index in [4.69, 9.17) is 4.74 Å². The molecule has 0 spiro atoms. The zero-order valence-corrected chi connectivity index (χ0v) is 14.0. The third-order valence-corrected chi connectivity index (χ3v) is 3.84. The molecule has 6 nitrogen and oxygen atoms in total. The van der Waals surface area contributed by atoms with Gasteiger partial charge in [0, 0.05) is 18.8 Å². The Hall–Kier alpha value is -2.24. The Morgan fingerprint density at radius 1 is 1.30 bits per heavy atom. The molecular weight excluding hydrogens is 294 g/mol. The molecule has 0 aromatic heterocycles. The molecule has 0 saturated carbocycles. The lowest BCUT2D eigenvalue weighted by atomic mass is 10.2. The molecule has 126 valence electrons. The maximum absolute atomic E-state index is 12.4. The van der Waals surface area contributed by atoms with Crippen molar-refractivity contribution in [2.75, 3.05) is 25.5 Å². The van der Waals surface area contributed by atoms with Crippen molar-refractivity contribution in [1.29, 1.82) is 0 Å². The zero-order valence-electron chi connectivity index (χ0n) is 14.0. The van der Waals surface area contributed by atoms with Crippen LogP contribution in [0.5, 0.6) is 5.75 Å².